The number of carbonyl (C=O) groups excluding carboxylic acids is 1. The smallest absolute Gasteiger partial charge is 0.407 e. The molecule has 0 radical (unpaired) electrons. The molecule has 1 amide bonds. The van der Waals surface area contributed by atoms with Gasteiger partial charge >= 0.3 is 6.09 Å². The van der Waals surface area contributed by atoms with Gasteiger partial charge in [0.05, 0.1) is 12.0 Å². The Morgan fingerprint density at radius 1 is 1.14 bits per heavy atom. The van der Waals surface area contributed by atoms with Crippen LogP contribution in [0, 0.1) is 6.92 Å². The van der Waals surface area contributed by atoms with E-state index < -0.39 is 18.3 Å². The molecule has 1 aliphatic rings. The van der Waals surface area contributed by atoms with Gasteiger partial charge in [0.25, 0.3) is 0 Å². The van der Waals surface area contributed by atoms with E-state index in [1.807, 2.05) is 36.4 Å². The molecule has 29 heavy (non-hydrogen) atoms. The van der Waals surface area contributed by atoms with E-state index in [1.54, 1.807) is 6.92 Å². The van der Waals surface area contributed by atoms with E-state index in [9.17, 15) is 15.0 Å². The molecule has 1 aromatic heterocycles. The van der Waals surface area contributed by atoms with Gasteiger partial charge in [-0.15, -0.1) is 0 Å². The molecule has 0 bridgehead atoms. The van der Waals surface area contributed by atoms with Crippen LogP contribution in [0.2, 0.25) is 0 Å². The number of aromatic nitrogens is 2. The van der Waals surface area contributed by atoms with Crippen molar-refractivity contribution in [2.45, 2.75) is 25.0 Å². The van der Waals surface area contributed by atoms with E-state index in [4.69, 9.17) is 4.74 Å². The van der Waals surface area contributed by atoms with Crippen molar-refractivity contribution in [3.8, 4) is 11.1 Å². The van der Waals surface area contributed by atoms with Gasteiger partial charge in [0.2, 0.25) is 0 Å². The zero-order valence-electron chi connectivity index (χ0n) is 16.0. The number of aromatic amines is 1. The number of H-pyrrole nitrogens is 1. The number of alkyl carbamates (subject to hydrolysis) is 1. The van der Waals surface area contributed by atoms with Gasteiger partial charge in [0.15, 0.2) is 0 Å². The van der Waals surface area contributed by atoms with Crippen molar-refractivity contribution < 1.29 is 19.7 Å². The van der Waals surface area contributed by atoms with Crippen molar-refractivity contribution in [1.29, 1.82) is 0 Å². The highest BCUT2D eigenvalue weighted by Gasteiger charge is 2.29. The second-order valence-corrected chi connectivity index (χ2v) is 7.13. The van der Waals surface area contributed by atoms with Gasteiger partial charge in [-0.25, -0.2) is 9.78 Å². The van der Waals surface area contributed by atoms with Gasteiger partial charge in [-0.05, 0) is 29.2 Å². The maximum absolute atomic E-state index is 12.2. The lowest BCUT2D eigenvalue weighted by Gasteiger charge is -2.18. The SMILES string of the molecule is Cc1[nH]cnc1C(O)C(O)CNC(=O)OCC1c2ccccc2-c2ccccc21. The van der Waals surface area contributed by atoms with E-state index in [-0.39, 0.29) is 19.1 Å². The molecule has 0 fully saturated rings. The fraction of sp³-hybridized carbons (Fsp3) is 0.273. The number of fused-ring (bicyclic) bond motifs is 3. The minimum Gasteiger partial charge on any atom is -0.449 e. The zero-order valence-corrected chi connectivity index (χ0v) is 16.0. The van der Waals surface area contributed by atoms with Gasteiger partial charge in [0, 0.05) is 18.2 Å². The molecule has 4 rings (SSSR count). The molecule has 0 spiro atoms. The van der Waals surface area contributed by atoms with Crippen molar-refractivity contribution >= 4 is 6.09 Å². The summed E-state index contributed by atoms with van der Waals surface area (Å²) in [7, 11) is 0. The summed E-state index contributed by atoms with van der Waals surface area (Å²) in [6, 6.07) is 16.2. The highest BCUT2D eigenvalue weighted by Crippen LogP contribution is 2.44. The molecule has 150 valence electrons. The number of nitrogens with zero attached hydrogens (tertiary/aromatic N) is 1. The predicted molar refractivity (Wildman–Crippen MR) is 107 cm³/mol. The molecule has 4 N–H and O–H groups in total. The molecule has 7 heteroatoms. The van der Waals surface area contributed by atoms with Crippen LogP contribution >= 0.6 is 0 Å². The second kappa shape index (κ2) is 8.06. The third kappa shape index (κ3) is 3.74. The Bertz CT molecular complexity index is 971. The average Bonchev–Trinajstić information content (AvgIpc) is 3.31. The molecule has 0 aliphatic heterocycles. The van der Waals surface area contributed by atoms with Crippen LogP contribution in [0.4, 0.5) is 4.79 Å². The van der Waals surface area contributed by atoms with Crippen molar-refractivity contribution in [2.75, 3.05) is 13.2 Å². The third-order valence-corrected chi connectivity index (χ3v) is 5.31. The van der Waals surface area contributed by atoms with E-state index in [0.717, 1.165) is 22.3 Å². The van der Waals surface area contributed by atoms with E-state index >= 15 is 0 Å². The maximum Gasteiger partial charge on any atom is 0.407 e. The molecule has 1 heterocycles. The Morgan fingerprint density at radius 2 is 1.76 bits per heavy atom. The highest BCUT2D eigenvalue weighted by molar-refractivity contribution is 5.79. The predicted octanol–water partition coefficient (Wildman–Crippen LogP) is 2.65. The summed E-state index contributed by atoms with van der Waals surface area (Å²) in [6.07, 6.45) is -1.59. The van der Waals surface area contributed by atoms with Gasteiger partial charge in [-0.2, -0.15) is 0 Å². The molecular formula is C22H23N3O4. The molecule has 2 atom stereocenters. The van der Waals surface area contributed by atoms with Gasteiger partial charge in [-0.1, -0.05) is 48.5 Å². The lowest BCUT2D eigenvalue weighted by molar-refractivity contribution is 0.0159. The minimum absolute atomic E-state index is 0.0321. The summed E-state index contributed by atoms with van der Waals surface area (Å²) in [6.45, 7) is 1.79. The number of aliphatic hydroxyl groups excluding tert-OH is 2. The lowest BCUT2D eigenvalue weighted by atomic mass is 9.98. The first kappa shape index (κ1) is 19.2. The number of rotatable bonds is 6. The topological polar surface area (TPSA) is 107 Å². The van der Waals surface area contributed by atoms with Crippen LogP contribution in [0.3, 0.4) is 0 Å². The van der Waals surface area contributed by atoms with Crippen LogP contribution in [0.15, 0.2) is 54.9 Å². The first-order chi connectivity index (χ1) is 14.1. The average molecular weight is 393 g/mol. The number of hydrogen-bond donors (Lipinski definition) is 4. The number of ether oxygens (including phenoxy) is 1. The Labute approximate surface area is 168 Å². The molecule has 3 aromatic rings. The van der Waals surface area contributed by atoms with Crippen molar-refractivity contribution in [3.63, 3.8) is 0 Å². The summed E-state index contributed by atoms with van der Waals surface area (Å²) < 4.78 is 5.42. The van der Waals surface area contributed by atoms with E-state index in [1.165, 1.54) is 6.33 Å². The van der Waals surface area contributed by atoms with Crippen LogP contribution in [-0.4, -0.2) is 45.5 Å². The van der Waals surface area contributed by atoms with E-state index in [2.05, 4.69) is 27.4 Å². The summed E-state index contributed by atoms with van der Waals surface area (Å²) in [4.78, 5) is 19.0. The third-order valence-electron chi connectivity index (χ3n) is 5.31. The number of amides is 1. The number of hydrogen-bond acceptors (Lipinski definition) is 5. The zero-order chi connectivity index (χ0) is 20.4. The number of nitrogens with one attached hydrogen (secondary N) is 2. The first-order valence-electron chi connectivity index (χ1n) is 9.51. The molecule has 0 saturated heterocycles. The van der Waals surface area contributed by atoms with E-state index in [0.29, 0.717) is 11.4 Å². The maximum atomic E-state index is 12.2. The first-order valence-corrected chi connectivity index (χ1v) is 9.51. The van der Waals surface area contributed by atoms with Gasteiger partial charge in [0.1, 0.15) is 18.8 Å². The Hall–Kier alpha value is -3.16. The molecule has 7 nitrogen and oxygen atoms in total. The number of benzene rings is 2. The Kier molecular flexibility index (Phi) is 5.33. The number of imidazole rings is 1. The highest BCUT2D eigenvalue weighted by atomic mass is 16.5. The monoisotopic (exact) mass is 393 g/mol. The van der Waals surface area contributed by atoms with Crippen LogP contribution in [0.5, 0.6) is 0 Å². The Balaban J connectivity index is 1.35. The van der Waals surface area contributed by atoms with Gasteiger partial charge in [-0.3, -0.25) is 0 Å². The van der Waals surface area contributed by atoms with Crippen molar-refractivity contribution in [1.82, 2.24) is 15.3 Å². The normalized spacial score (nSPS) is 14.7. The quantitative estimate of drug-likeness (QED) is 0.515. The van der Waals surface area contributed by atoms with Crippen LogP contribution in [0.25, 0.3) is 11.1 Å². The molecular weight excluding hydrogens is 370 g/mol. The fourth-order valence-electron chi connectivity index (χ4n) is 3.80. The summed E-state index contributed by atoms with van der Waals surface area (Å²) in [5, 5.41) is 22.8. The number of carbonyl (C=O) groups is 1. The van der Waals surface area contributed by atoms with Crippen molar-refractivity contribution in [2.24, 2.45) is 0 Å². The molecule has 2 aromatic carbocycles. The summed E-state index contributed by atoms with van der Waals surface area (Å²) in [5.74, 6) is -0.0321. The number of aliphatic hydroxyl groups is 2. The Morgan fingerprint density at radius 3 is 2.34 bits per heavy atom. The lowest BCUT2D eigenvalue weighted by Crippen LogP contribution is -2.36. The largest absolute Gasteiger partial charge is 0.449 e. The van der Waals surface area contributed by atoms with Crippen LogP contribution in [0.1, 0.15) is 34.5 Å². The minimum atomic E-state index is -1.20. The standard InChI is InChI=1S/C22H23N3O4/c1-13-20(25-12-24-13)21(27)19(26)10-23-22(28)29-11-18-16-8-4-2-6-14(16)15-7-3-5-9-17(15)18/h2-9,12,18-19,21,26-27H,10-11H2,1H3,(H,23,28)(H,24,25). The summed E-state index contributed by atoms with van der Waals surface area (Å²) >= 11 is 0. The fourth-order valence-corrected chi connectivity index (χ4v) is 3.80. The van der Waals surface area contributed by atoms with Crippen LogP contribution in [-0.2, 0) is 4.74 Å². The van der Waals surface area contributed by atoms with Crippen molar-refractivity contribution in [3.05, 3.63) is 77.4 Å². The molecule has 2 unspecified atom stereocenters. The van der Waals surface area contributed by atoms with Gasteiger partial charge < -0.3 is 25.3 Å². The summed E-state index contributed by atoms with van der Waals surface area (Å²) in [5.41, 5.74) is 5.59. The second-order valence-electron chi connectivity index (χ2n) is 7.13. The van der Waals surface area contributed by atoms with Crippen LogP contribution < -0.4 is 5.32 Å². The molecule has 0 saturated carbocycles. The molecule has 1 aliphatic carbocycles. The number of aryl methyl sites for hydroxylation is 1.